The molecule has 0 aromatic rings. The van der Waals surface area contributed by atoms with E-state index in [1.165, 1.54) is 23.0 Å². The summed E-state index contributed by atoms with van der Waals surface area (Å²) in [7, 11) is 0. The van der Waals surface area contributed by atoms with Gasteiger partial charge in [-0.2, -0.15) is 172 Å². The smallest absolute Gasteiger partial charge is 0.0226 e. The third-order valence-corrected chi connectivity index (χ3v) is 17.0. The van der Waals surface area contributed by atoms with Gasteiger partial charge in [-0.25, -0.2) is 0 Å². The number of thiol groups is 8. The molecule has 0 heterocycles. The van der Waals surface area contributed by atoms with Crippen molar-refractivity contribution in [1.82, 2.24) is 0 Å². The fourth-order valence-corrected chi connectivity index (χ4v) is 12.6. The van der Waals surface area contributed by atoms with Crippen molar-refractivity contribution in [2.24, 2.45) is 0 Å². The van der Waals surface area contributed by atoms with Gasteiger partial charge >= 0.3 is 0 Å². The van der Waals surface area contributed by atoms with Crippen LogP contribution in [0, 0.1) is 0 Å². The molecule has 0 rings (SSSR count). The summed E-state index contributed by atoms with van der Waals surface area (Å²) in [6.45, 7) is 0. The Balaban J connectivity index is 0. The lowest BCUT2D eigenvalue weighted by Crippen LogP contribution is -2.14. The van der Waals surface area contributed by atoms with Crippen LogP contribution in [0.5, 0.6) is 0 Å². The molecule has 0 N–H and O–H groups in total. The van der Waals surface area contributed by atoms with Gasteiger partial charge in [0.05, 0.1) is 0 Å². The molecular formula is C20H44S14. The Kier molecular flexibility index (Phi) is 41.2. The zero-order valence-corrected chi connectivity index (χ0v) is 31.7. The van der Waals surface area contributed by atoms with Crippen molar-refractivity contribution in [1.29, 1.82) is 0 Å². The molecule has 0 fully saturated rings. The van der Waals surface area contributed by atoms with Crippen LogP contribution in [0.1, 0.15) is 0 Å². The molecule has 0 aromatic carbocycles. The van der Waals surface area contributed by atoms with Crippen molar-refractivity contribution < 1.29 is 0 Å². The number of rotatable bonds is 24. The van der Waals surface area contributed by atoms with Crippen LogP contribution in [-0.4, -0.2) is 113 Å². The van der Waals surface area contributed by atoms with Gasteiger partial charge in [-0.05, 0) is 23.0 Å². The molecule has 0 spiro atoms. The summed E-state index contributed by atoms with van der Waals surface area (Å²) in [6, 6.07) is 0. The van der Waals surface area contributed by atoms with Crippen LogP contribution in [0.15, 0.2) is 0 Å². The quantitative estimate of drug-likeness (QED) is 0.0489. The Bertz CT molecular complexity index is 313. The Morgan fingerprint density at radius 2 is 0.559 bits per heavy atom. The summed E-state index contributed by atoms with van der Waals surface area (Å²) < 4.78 is 0. The first-order valence-electron chi connectivity index (χ1n) is 11.0. The monoisotopic (exact) mass is 732 g/mol. The topological polar surface area (TPSA) is 0 Å². The largest absolute Gasteiger partial charge is 0.179 e. The maximum atomic E-state index is 4.40. The van der Waals surface area contributed by atoms with Gasteiger partial charge in [0.1, 0.15) is 0 Å². The van der Waals surface area contributed by atoms with E-state index in [-0.39, 0.29) is 0 Å². The molecule has 0 nitrogen and oxygen atoms in total. The van der Waals surface area contributed by atoms with Gasteiger partial charge in [0.25, 0.3) is 0 Å². The van der Waals surface area contributed by atoms with E-state index in [4.69, 9.17) is 0 Å². The molecule has 0 radical (unpaired) electrons. The minimum atomic E-state index is 0.658. The van der Waals surface area contributed by atoms with Crippen molar-refractivity contribution in [2.75, 3.05) is 92.0 Å². The van der Waals surface area contributed by atoms with Gasteiger partial charge in [0.15, 0.2) is 0 Å². The molecule has 208 valence electrons. The van der Waals surface area contributed by atoms with Crippen molar-refractivity contribution in [2.45, 2.75) is 21.0 Å². The summed E-state index contributed by atoms with van der Waals surface area (Å²) in [5, 5.41) is 2.63. The molecule has 0 aliphatic heterocycles. The van der Waals surface area contributed by atoms with Crippen molar-refractivity contribution in [3.63, 3.8) is 0 Å². The lowest BCUT2D eigenvalue weighted by Gasteiger charge is -2.16. The van der Waals surface area contributed by atoms with Gasteiger partial charge in [0.2, 0.25) is 0 Å². The van der Waals surface area contributed by atoms with E-state index in [1.54, 1.807) is 0 Å². The predicted octanol–water partition coefficient (Wildman–Crippen LogP) is 7.28. The Hall–Kier alpha value is 4.90. The highest BCUT2D eigenvalue weighted by molar-refractivity contribution is 8.06. The summed E-state index contributed by atoms with van der Waals surface area (Å²) in [4.78, 5) is 0. The van der Waals surface area contributed by atoms with E-state index in [9.17, 15) is 0 Å². The third-order valence-electron chi connectivity index (χ3n) is 3.81. The minimum absolute atomic E-state index is 0.658. The molecule has 4 atom stereocenters. The van der Waals surface area contributed by atoms with Gasteiger partial charge < -0.3 is 0 Å². The first-order valence-corrected chi connectivity index (χ1v) is 22.6. The van der Waals surface area contributed by atoms with Crippen LogP contribution in [0.3, 0.4) is 0 Å². The predicted molar refractivity (Wildman–Crippen MR) is 210 cm³/mol. The fraction of sp³-hybridized carbons (Fsp3) is 1.00. The molecular weight excluding hydrogens is 689 g/mol. The van der Waals surface area contributed by atoms with E-state index in [0.717, 1.165) is 69.0 Å². The van der Waals surface area contributed by atoms with Gasteiger partial charge in [-0.15, -0.1) is 0 Å². The number of hydrogen-bond acceptors (Lipinski definition) is 14. The molecule has 0 aliphatic carbocycles. The maximum absolute atomic E-state index is 4.40. The lowest BCUT2D eigenvalue weighted by molar-refractivity contribution is 1.12. The minimum Gasteiger partial charge on any atom is -0.179 e. The molecule has 0 amide bonds. The SMILES string of the molecule is SCCSC(CS)CSCC(CS)SCCS.SCCSC(CS)CSCC(CS)SCCS. The van der Waals surface area contributed by atoms with E-state index in [0.29, 0.717) is 21.0 Å². The molecule has 0 aliphatic rings. The van der Waals surface area contributed by atoms with E-state index >= 15 is 0 Å². The van der Waals surface area contributed by atoms with Crippen molar-refractivity contribution >= 4 is 172 Å². The molecule has 4 unspecified atom stereocenters. The van der Waals surface area contributed by atoms with Crippen LogP contribution in [0.4, 0.5) is 0 Å². The second-order valence-corrected chi connectivity index (χ2v) is 17.7. The van der Waals surface area contributed by atoms with Crippen LogP contribution < -0.4 is 0 Å². The highest BCUT2D eigenvalue weighted by Gasteiger charge is 2.12. The summed E-state index contributed by atoms with van der Waals surface area (Å²) in [5.41, 5.74) is 0. The normalized spacial score (nSPS) is 14.8. The first-order chi connectivity index (χ1) is 16.6. The molecule has 34 heavy (non-hydrogen) atoms. The maximum Gasteiger partial charge on any atom is 0.0226 e. The molecule has 14 heteroatoms. The molecule has 0 saturated carbocycles. The molecule has 0 saturated heterocycles. The van der Waals surface area contributed by atoms with Crippen molar-refractivity contribution in [3.8, 4) is 0 Å². The van der Waals surface area contributed by atoms with Gasteiger partial charge in [-0.3, -0.25) is 0 Å². The Labute approximate surface area is 281 Å². The summed E-state index contributed by atoms with van der Waals surface area (Å²) in [5.74, 6) is 16.9. The highest BCUT2D eigenvalue weighted by Crippen LogP contribution is 2.24. The molecule has 0 bridgehead atoms. The van der Waals surface area contributed by atoms with Gasteiger partial charge in [-0.1, -0.05) is 0 Å². The zero-order chi connectivity index (χ0) is 25.9. The van der Waals surface area contributed by atoms with Crippen LogP contribution in [0.2, 0.25) is 0 Å². The number of thioether (sulfide) groups is 6. The zero-order valence-electron chi connectivity index (χ0n) is 19.7. The van der Waals surface area contributed by atoms with E-state index in [2.05, 4.69) is 101 Å². The van der Waals surface area contributed by atoms with E-state index in [1.807, 2.05) is 70.6 Å². The molecule has 0 aromatic heterocycles. The van der Waals surface area contributed by atoms with Crippen molar-refractivity contribution in [3.05, 3.63) is 0 Å². The first kappa shape index (κ1) is 41.0. The van der Waals surface area contributed by atoms with Crippen LogP contribution >= 0.6 is 172 Å². The van der Waals surface area contributed by atoms with Crippen LogP contribution in [-0.2, 0) is 0 Å². The second kappa shape index (κ2) is 34.1. The lowest BCUT2D eigenvalue weighted by atomic mass is 10.5. The summed E-state index contributed by atoms with van der Waals surface area (Å²) >= 11 is 46.6. The Morgan fingerprint density at radius 3 is 0.706 bits per heavy atom. The van der Waals surface area contributed by atoms with Crippen LogP contribution in [0.25, 0.3) is 0 Å². The Morgan fingerprint density at radius 1 is 0.353 bits per heavy atom. The van der Waals surface area contributed by atoms with E-state index < -0.39 is 0 Å². The standard InChI is InChI=1S/2C10H22S7/c2*11-1-3-16-9(5-13)7-15-8-10(6-14)17-4-2-12/h2*9-14H,1-8H2. The highest BCUT2D eigenvalue weighted by atomic mass is 32.2. The average Bonchev–Trinajstić information content (AvgIpc) is 2.87. The van der Waals surface area contributed by atoms with Gasteiger partial charge in [0, 0.05) is 90.0 Å². The number of hydrogen-bond donors (Lipinski definition) is 8. The summed E-state index contributed by atoms with van der Waals surface area (Å²) in [6.07, 6.45) is 0. The second-order valence-electron chi connectivity index (χ2n) is 6.67. The third kappa shape index (κ3) is 28.4. The fourth-order valence-electron chi connectivity index (χ4n) is 2.15. The average molecular weight is 734 g/mol.